The van der Waals surface area contributed by atoms with E-state index in [0.717, 1.165) is 10.4 Å². The third-order valence-corrected chi connectivity index (χ3v) is 4.29. The summed E-state index contributed by atoms with van der Waals surface area (Å²) in [5, 5.41) is 19.5. The van der Waals surface area contributed by atoms with E-state index in [4.69, 9.17) is 5.11 Å². The van der Waals surface area contributed by atoms with Crippen molar-refractivity contribution in [3.05, 3.63) is 34.4 Å². The van der Waals surface area contributed by atoms with Crippen LogP contribution in [0.2, 0.25) is 0 Å². The number of nitro benzene ring substituents is 1. The van der Waals surface area contributed by atoms with E-state index in [1.54, 1.807) is 0 Å². The van der Waals surface area contributed by atoms with Gasteiger partial charge in [0.2, 0.25) is 10.0 Å². The Balaban J connectivity index is 3.16. The SMILES string of the molecule is CN(CCCO)S(=O)(=O)c1ccccc1[N+](=O)[O-]. The molecule has 0 saturated carbocycles. The van der Waals surface area contributed by atoms with Crippen LogP contribution in [-0.2, 0) is 10.0 Å². The van der Waals surface area contributed by atoms with Crippen LogP contribution in [0.4, 0.5) is 5.69 Å². The summed E-state index contributed by atoms with van der Waals surface area (Å²) in [6.45, 7) is -0.0401. The molecule has 0 radical (unpaired) electrons. The van der Waals surface area contributed by atoms with Crippen LogP contribution < -0.4 is 0 Å². The average Bonchev–Trinajstić information content (AvgIpc) is 2.35. The van der Waals surface area contributed by atoms with Crippen molar-refractivity contribution in [1.82, 2.24) is 4.31 Å². The first-order valence-corrected chi connectivity index (χ1v) is 6.66. The lowest BCUT2D eigenvalue weighted by Gasteiger charge is -2.16. The first-order chi connectivity index (χ1) is 8.41. The van der Waals surface area contributed by atoms with E-state index < -0.39 is 20.6 Å². The lowest BCUT2D eigenvalue weighted by atomic mass is 10.3. The summed E-state index contributed by atoms with van der Waals surface area (Å²) in [5.74, 6) is 0. The Bertz CT molecular complexity index is 529. The number of aliphatic hydroxyl groups is 1. The topological polar surface area (TPSA) is 101 Å². The van der Waals surface area contributed by atoms with Crippen LogP contribution in [0.3, 0.4) is 0 Å². The Labute approximate surface area is 105 Å². The van der Waals surface area contributed by atoms with Crippen molar-refractivity contribution in [2.75, 3.05) is 20.2 Å². The maximum atomic E-state index is 12.1. The fourth-order valence-electron chi connectivity index (χ4n) is 1.41. The van der Waals surface area contributed by atoms with Gasteiger partial charge in [-0.15, -0.1) is 0 Å². The number of rotatable bonds is 6. The molecule has 0 aliphatic heterocycles. The van der Waals surface area contributed by atoms with Gasteiger partial charge in [-0.3, -0.25) is 10.1 Å². The van der Waals surface area contributed by atoms with Crippen molar-refractivity contribution in [3.8, 4) is 0 Å². The average molecular weight is 274 g/mol. The summed E-state index contributed by atoms with van der Waals surface area (Å²) in [6, 6.07) is 5.18. The Kier molecular flexibility index (Phi) is 4.76. The molecular formula is C10H14N2O5S. The molecule has 1 aromatic carbocycles. The van der Waals surface area contributed by atoms with E-state index in [1.165, 1.54) is 25.2 Å². The lowest BCUT2D eigenvalue weighted by Crippen LogP contribution is -2.29. The van der Waals surface area contributed by atoms with Crippen molar-refractivity contribution in [2.45, 2.75) is 11.3 Å². The molecule has 1 N–H and O–H groups in total. The highest BCUT2D eigenvalue weighted by Crippen LogP contribution is 2.25. The fraction of sp³-hybridized carbons (Fsp3) is 0.400. The fourth-order valence-corrected chi connectivity index (χ4v) is 2.77. The Morgan fingerprint density at radius 1 is 1.39 bits per heavy atom. The van der Waals surface area contributed by atoms with E-state index in [9.17, 15) is 18.5 Å². The Morgan fingerprint density at radius 3 is 2.56 bits per heavy atom. The van der Waals surface area contributed by atoms with Gasteiger partial charge in [0.15, 0.2) is 4.90 Å². The summed E-state index contributed by atoms with van der Waals surface area (Å²) in [7, 11) is -2.59. The smallest absolute Gasteiger partial charge is 0.289 e. The monoisotopic (exact) mass is 274 g/mol. The maximum Gasteiger partial charge on any atom is 0.289 e. The van der Waals surface area contributed by atoms with E-state index >= 15 is 0 Å². The predicted octanol–water partition coefficient (Wildman–Crippen LogP) is 0.598. The minimum atomic E-state index is -3.91. The zero-order valence-corrected chi connectivity index (χ0v) is 10.6. The number of hydrogen-bond donors (Lipinski definition) is 1. The van der Waals surface area contributed by atoms with Crippen LogP contribution >= 0.6 is 0 Å². The quantitative estimate of drug-likeness (QED) is 0.604. The molecule has 0 saturated heterocycles. The second-order valence-electron chi connectivity index (χ2n) is 3.63. The minimum Gasteiger partial charge on any atom is -0.396 e. The molecule has 100 valence electrons. The predicted molar refractivity (Wildman–Crippen MR) is 64.6 cm³/mol. The molecule has 18 heavy (non-hydrogen) atoms. The van der Waals surface area contributed by atoms with Crippen LogP contribution in [-0.4, -0.2) is 43.0 Å². The molecule has 1 aromatic rings. The van der Waals surface area contributed by atoms with Gasteiger partial charge >= 0.3 is 0 Å². The van der Waals surface area contributed by atoms with Crippen molar-refractivity contribution < 1.29 is 18.4 Å². The van der Waals surface area contributed by atoms with Gasteiger partial charge in [-0.05, 0) is 12.5 Å². The molecule has 1 rings (SSSR count). The van der Waals surface area contributed by atoms with Crippen LogP contribution in [0, 0.1) is 10.1 Å². The van der Waals surface area contributed by atoms with Crippen molar-refractivity contribution in [2.24, 2.45) is 0 Å². The van der Waals surface area contributed by atoms with Gasteiger partial charge in [-0.1, -0.05) is 12.1 Å². The number of hydrogen-bond acceptors (Lipinski definition) is 5. The standard InChI is InChI=1S/C10H14N2O5S/c1-11(7-4-8-13)18(16,17)10-6-3-2-5-9(10)12(14)15/h2-3,5-6,13H,4,7-8H2,1H3. The number of aliphatic hydroxyl groups excluding tert-OH is 1. The molecule has 0 aliphatic rings. The summed E-state index contributed by atoms with van der Waals surface area (Å²) < 4.78 is 25.2. The van der Waals surface area contributed by atoms with Crippen LogP contribution in [0.25, 0.3) is 0 Å². The Hall–Kier alpha value is -1.51. The van der Waals surface area contributed by atoms with Crippen molar-refractivity contribution >= 4 is 15.7 Å². The minimum absolute atomic E-state index is 0.102. The van der Waals surface area contributed by atoms with Gasteiger partial charge < -0.3 is 5.11 Å². The number of sulfonamides is 1. The summed E-state index contributed by atoms with van der Waals surface area (Å²) in [4.78, 5) is 9.72. The molecule has 0 bridgehead atoms. The molecule has 0 aliphatic carbocycles. The molecule has 0 fully saturated rings. The molecule has 8 heteroatoms. The first-order valence-electron chi connectivity index (χ1n) is 5.22. The normalized spacial score (nSPS) is 11.7. The third kappa shape index (κ3) is 3.03. The van der Waals surface area contributed by atoms with Crippen LogP contribution in [0.15, 0.2) is 29.2 Å². The number of para-hydroxylation sites is 1. The number of nitro groups is 1. The van der Waals surface area contributed by atoms with Gasteiger partial charge in [-0.25, -0.2) is 12.7 Å². The van der Waals surface area contributed by atoms with E-state index in [-0.39, 0.29) is 24.5 Å². The second-order valence-corrected chi connectivity index (χ2v) is 5.64. The summed E-state index contributed by atoms with van der Waals surface area (Å²) >= 11 is 0. The molecule has 0 unspecified atom stereocenters. The summed E-state index contributed by atoms with van der Waals surface area (Å²) in [5.41, 5.74) is -0.451. The van der Waals surface area contributed by atoms with E-state index in [1.807, 2.05) is 0 Å². The molecule has 0 heterocycles. The van der Waals surface area contributed by atoms with E-state index in [2.05, 4.69) is 0 Å². The molecule has 0 spiro atoms. The highest BCUT2D eigenvalue weighted by molar-refractivity contribution is 7.89. The lowest BCUT2D eigenvalue weighted by molar-refractivity contribution is -0.387. The highest BCUT2D eigenvalue weighted by atomic mass is 32.2. The zero-order valence-electron chi connectivity index (χ0n) is 9.81. The van der Waals surface area contributed by atoms with Gasteiger partial charge in [0, 0.05) is 26.3 Å². The molecule has 0 atom stereocenters. The second kappa shape index (κ2) is 5.89. The molecule has 0 amide bonds. The van der Waals surface area contributed by atoms with Gasteiger partial charge in [0.25, 0.3) is 5.69 Å². The molecule has 7 nitrogen and oxygen atoms in total. The molecular weight excluding hydrogens is 260 g/mol. The van der Waals surface area contributed by atoms with Crippen LogP contribution in [0.1, 0.15) is 6.42 Å². The number of nitrogens with zero attached hydrogens (tertiary/aromatic N) is 2. The van der Waals surface area contributed by atoms with Gasteiger partial charge in [0.1, 0.15) is 0 Å². The molecule has 0 aromatic heterocycles. The van der Waals surface area contributed by atoms with E-state index in [0.29, 0.717) is 0 Å². The first kappa shape index (κ1) is 14.6. The highest BCUT2D eigenvalue weighted by Gasteiger charge is 2.28. The van der Waals surface area contributed by atoms with Gasteiger partial charge in [0.05, 0.1) is 4.92 Å². The maximum absolute atomic E-state index is 12.1. The Morgan fingerprint density at radius 2 is 2.00 bits per heavy atom. The summed E-state index contributed by atoms with van der Waals surface area (Å²) in [6.07, 6.45) is 0.274. The van der Waals surface area contributed by atoms with Crippen LogP contribution in [0.5, 0.6) is 0 Å². The zero-order chi connectivity index (χ0) is 13.8. The van der Waals surface area contributed by atoms with Crippen molar-refractivity contribution in [3.63, 3.8) is 0 Å². The van der Waals surface area contributed by atoms with Crippen molar-refractivity contribution in [1.29, 1.82) is 0 Å². The number of benzene rings is 1. The third-order valence-electron chi connectivity index (χ3n) is 2.38. The largest absolute Gasteiger partial charge is 0.396 e. The van der Waals surface area contributed by atoms with Gasteiger partial charge in [-0.2, -0.15) is 0 Å².